The van der Waals surface area contributed by atoms with E-state index in [9.17, 15) is 4.39 Å². The van der Waals surface area contributed by atoms with Crippen LogP contribution in [0.25, 0.3) is 10.9 Å². The summed E-state index contributed by atoms with van der Waals surface area (Å²) >= 11 is 0. The molecule has 160 valence electrons. The smallest absolute Gasteiger partial charge is 0.191 e. The van der Waals surface area contributed by atoms with Crippen molar-refractivity contribution in [1.82, 2.24) is 30.4 Å². The number of nitrogens with zero attached hydrogens (tertiary/aromatic N) is 4. The molecule has 1 aromatic carbocycles. The van der Waals surface area contributed by atoms with Gasteiger partial charge in [-0.05, 0) is 49.9 Å². The van der Waals surface area contributed by atoms with E-state index < -0.39 is 0 Å². The minimum absolute atomic E-state index is 0.211. The largest absolute Gasteiger partial charge is 0.361 e. The zero-order valence-corrected chi connectivity index (χ0v) is 17.5. The van der Waals surface area contributed by atoms with E-state index in [2.05, 4.69) is 37.3 Å². The molecule has 3 N–H and O–H groups in total. The predicted octanol–water partition coefficient (Wildman–Crippen LogP) is 2.97. The van der Waals surface area contributed by atoms with Gasteiger partial charge in [0.1, 0.15) is 17.5 Å². The molecular weight excluding hydrogens is 381 g/mol. The molecule has 2 aromatic heterocycles. The minimum Gasteiger partial charge on any atom is -0.361 e. The Morgan fingerprint density at radius 3 is 3.03 bits per heavy atom. The van der Waals surface area contributed by atoms with Crippen molar-refractivity contribution in [3.63, 3.8) is 0 Å². The van der Waals surface area contributed by atoms with Crippen LogP contribution in [0, 0.1) is 5.82 Å². The highest BCUT2D eigenvalue weighted by atomic mass is 19.1. The van der Waals surface area contributed by atoms with Crippen LogP contribution >= 0.6 is 0 Å². The summed E-state index contributed by atoms with van der Waals surface area (Å²) in [6, 6.07) is 4.84. The van der Waals surface area contributed by atoms with Crippen molar-refractivity contribution in [2.75, 3.05) is 19.6 Å². The van der Waals surface area contributed by atoms with Crippen molar-refractivity contribution < 1.29 is 4.39 Å². The zero-order valence-electron chi connectivity index (χ0n) is 17.5. The van der Waals surface area contributed by atoms with Crippen LogP contribution < -0.4 is 10.6 Å². The van der Waals surface area contributed by atoms with Gasteiger partial charge in [-0.2, -0.15) is 0 Å². The van der Waals surface area contributed by atoms with Gasteiger partial charge in [-0.25, -0.2) is 4.39 Å². The average molecular weight is 412 g/mol. The Bertz CT molecular complexity index is 1000. The summed E-state index contributed by atoms with van der Waals surface area (Å²) in [5, 5.41) is 16.4. The van der Waals surface area contributed by atoms with Crippen molar-refractivity contribution in [1.29, 1.82) is 0 Å². The highest BCUT2D eigenvalue weighted by Crippen LogP contribution is 2.19. The molecule has 0 atom stereocenters. The van der Waals surface area contributed by atoms with E-state index in [1.165, 1.54) is 25.3 Å². The second-order valence-electron chi connectivity index (χ2n) is 7.69. The third kappa shape index (κ3) is 4.80. The summed E-state index contributed by atoms with van der Waals surface area (Å²) in [6.07, 6.45) is 8.21. The number of halogens is 1. The van der Waals surface area contributed by atoms with E-state index in [-0.39, 0.29) is 5.82 Å². The molecule has 0 saturated carbocycles. The SMILES string of the molecule is CCNC(=NCCc1nnc2n1CCCCC2)NCCc1c[nH]c2ccc(F)cc12. The van der Waals surface area contributed by atoms with Gasteiger partial charge in [-0.1, -0.05) is 6.42 Å². The molecule has 0 bridgehead atoms. The molecule has 0 spiro atoms. The average Bonchev–Trinajstić information content (AvgIpc) is 3.23. The van der Waals surface area contributed by atoms with Gasteiger partial charge in [-0.15, -0.1) is 10.2 Å². The first-order chi connectivity index (χ1) is 14.7. The Hall–Kier alpha value is -2.90. The van der Waals surface area contributed by atoms with Gasteiger partial charge in [0.25, 0.3) is 0 Å². The number of aliphatic imine (C=N–C) groups is 1. The number of benzene rings is 1. The molecule has 4 rings (SSSR count). The maximum atomic E-state index is 13.6. The number of rotatable bonds is 7. The fraction of sp³-hybridized carbons (Fsp3) is 0.500. The van der Waals surface area contributed by atoms with Crippen LogP contribution in [0.1, 0.15) is 43.4 Å². The Morgan fingerprint density at radius 2 is 2.13 bits per heavy atom. The lowest BCUT2D eigenvalue weighted by molar-refractivity contribution is 0.604. The lowest BCUT2D eigenvalue weighted by Crippen LogP contribution is -2.38. The minimum atomic E-state index is -0.211. The molecule has 8 heteroatoms. The van der Waals surface area contributed by atoms with E-state index in [4.69, 9.17) is 4.99 Å². The third-order valence-electron chi connectivity index (χ3n) is 5.55. The molecule has 0 radical (unpaired) electrons. The standard InChI is InChI=1S/C22H30FN7/c1-2-24-22(25-11-9-16-15-27-19-8-7-17(23)14-18(16)19)26-12-10-21-29-28-20-6-4-3-5-13-30(20)21/h7-8,14-15,27H,2-6,9-13H2,1H3,(H2,24,25,26). The number of hydrogen-bond acceptors (Lipinski definition) is 3. The Labute approximate surface area is 176 Å². The van der Waals surface area contributed by atoms with Gasteiger partial charge in [0.05, 0.1) is 0 Å². The summed E-state index contributed by atoms with van der Waals surface area (Å²) in [5.74, 6) is 2.73. The maximum absolute atomic E-state index is 13.6. The fourth-order valence-electron chi connectivity index (χ4n) is 4.01. The van der Waals surface area contributed by atoms with E-state index in [1.54, 1.807) is 12.1 Å². The quantitative estimate of drug-likeness (QED) is 0.412. The van der Waals surface area contributed by atoms with Crippen LogP contribution in [-0.2, 0) is 25.8 Å². The number of aromatic amines is 1. The van der Waals surface area contributed by atoms with Crippen molar-refractivity contribution >= 4 is 16.9 Å². The molecule has 0 aliphatic carbocycles. The highest BCUT2D eigenvalue weighted by molar-refractivity contribution is 5.83. The molecule has 3 aromatic rings. The van der Waals surface area contributed by atoms with Crippen LogP contribution in [0.3, 0.4) is 0 Å². The summed E-state index contributed by atoms with van der Waals surface area (Å²) in [7, 11) is 0. The summed E-state index contributed by atoms with van der Waals surface area (Å²) in [4.78, 5) is 7.90. The normalized spacial score (nSPS) is 14.5. The van der Waals surface area contributed by atoms with Crippen LogP contribution in [-0.4, -0.2) is 45.3 Å². The topological polar surface area (TPSA) is 82.9 Å². The van der Waals surface area contributed by atoms with Gasteiger partial charge in [-0.3, -0.25) is 4.99 Å². The summed E-state index contributed by atoms with van der Waals surface area (Å²) in [6.45, 7) is 5.24. The summed E-state index contributed by atoms with van der Waals surface area (Å²) in [5.41, 5.74) is 2.05. The van der Waals surface area contributed by atoms with E-state index in [1.807, 2.05) is 6.20 Å². The van der Waals surface area contributed by atoms with Gasteiger partial charge < -0.3 is 20.2 Å². The molecule has 1 aliphatic rings. The Balaban J connectivity index is 1.32. The lowest BCUT2D eigenvalue weighted by Gasteiger charge is -2.11. The molecular formula is C22H30FN7. The van der Waals surface area contributed by atoms with Crippen molar-refractivity contribution in [2.24, 2.45) is 4.99 Å². The first-order valence-electron chi connectivity index (χ1n) is 10.9. The second-order valence-corrected chi connectivity index (χ2v) is 7.69. The van der Waals surface area contributed by atoms with E-state index in [0.29, 0.717) is 6.54 Å². The van der Waals surface area contributed by atoms with Crippen LogP contribution in [0.5, 0.6) is 0 Å². The molecule has 3 heterocycles. The number of hydrogen-bond donors (Lipinski definition) is 3. The number of aryl methyl sites for hydroxylation is 1. The first kappa shape index (κ1) is 20.4. The van der Waals surface area contributed by atoms with E-state index in [0.717, 1.165) is 73.0 Å². The Kier molecular flexibility index (Phi) is 6.61. The molecule has 7 nitrogen and oxygen atoms in total. The first-order valence-corrected chi connectivity index (χ1v) is 10.9. The molecule has 1 aliphatic heterocycles. The predicted molar refractivity (Wildman–Crippen MR) is 117 cm³/mol. The van der Waals surface area contributed by atoms with Crippen molar-refractivity contribution in [3.05, 3.63) is 47.4 Å². The second kappa shape index (κ2) is 9.73. The molecule has 0 fully saturated rings. The lowest BCUT2D eigenvalue weighted by atomic mass is 10.1. The third-order valence-corrected chi connectivity index (χ3v) is 5.55. The molecule has 30 heavy (non-hydrogen) atoms. The monoisotopic (exact) mass is 411 g/mol. The van der Waals surface area contributed by atoms with Crippen LogP contribution in [0.4, 0.5) is 4.39 Å². The Morgan fingerprint density at radius 1 is 1.20 bits per heavy atom. The van der Waals surface area contributed by atoms with Crippen LogP contribution in [0.2, 0.25) is 0 Å². The highest BCUT2D eigenvalue weighted by Gasteiger charge is 2.14. The van der Waals surface area contributed by atoms with Gasteiger partial charge >= 0.3 is 0 Å². The van der Waals surface area contributed by atoms with Crippen LogP contribution in [0.15, 0.2) is 29.4 Å². The van der Waals surface area contributed by atoms with E-state index >= 15 is 0 Å². The maximum Gasteiger partial charge on any atom is 0.191 e. The summed E-state index contributed by atoms with van der Waals surface area (Å²) < 4.78 is 15.8. The fourth-order valence-corrected chi connectivity index (χ4v) is 4.01. The number of aromatic nitrogens is 4. The van der Waals surface area contributed by atoms with Crippen molar-refractivity contribution in [2.45, 2.75) is 52.0 Å². The number of nitrogens with one attached hydrogen (secondary N) is 3. The zero-order chi connectivity index (χ0) is 20.8. The molecule has 0 unspecified atom stereocenters. The molecule has 0 saturated heterocycles. The van der Waals surface area contributed by atoms with Gasteiger partial charge in [0, 0.05) is 56.1 Å². The van der Waals surface area contributed by atoms with Crippen molar-refractivity contribution in [3.8, 4) is 0 Å². The number of guanidine groups is 1. The molecule has 0 amide bonds. The van der Waals surface area contributed by atoms with Gasteiger partial charge in [0.2, 0.25) is 0 Å². The number of H-pyrrole nitrogens is 1. The van der Waals surface area contributed by atoms with Gasteiger partial charge in [0.15, 0.2) is 5.96 Å². The number of fused-ring (bicyclic) bond motifs is 2.